The first-order valence-corrected chi connectivity index (χ1v) is 8.06. The lowest BCUT2D eigenvalue weighted by Crippen LogP contribution is -2.46. The molecule has 6 heteroatoms. The smallest absolute Gasteiger partial charge is 0.143 e. The van der Waals surface area contributed by atoms with Crippen molar-refractivity contribution in [3.63, 3.8) is 0 Å². The van der Waals surface area contributed by atoms with E-state index in [1.165, 1.54) is 18.2 Å². The summed E-state index contributed by atoms with van der Waals surface area (Å²) in [5.41, 5.74) is 1.61. The molecular weight excluding hydrogens is 332 g/mol. The summed E-state index contributed by atoms with van der Waals surface area (Å²) in [6.07, 6.45) is 0. The Hall–Kier alpha value is -2.16. The molecule has 0 atom stereocenters. The van der Waals surface area contributed by atoms with Crippen molar-refractivity contribution < 1.29 is 8.78 Å². The number of anilines is 1. The predicted octanol–water partition coefficient (Wildman–Crippen LogP) is 3.81. The van der Waals surface area contributed by atoms with E-state index in [-0.39, 0.29) is 11.4 Å². The van der Waals surface area contributed by atoms with Crippen LogP contribution in [0.5, 0.6) is 0 Å². The molecule has 2 aromatic rings. The normalized spacial score (nSPS) is 15.3. The first-order valence-electron chi connectivity index (χ1n) is 7.68. The number of nitriles is 1. The van der Waals surface area contributed by atoms with Gasteiger partial charge in [0.15, 0.2) is 0 Å². The van der Waals surface area contributed by atoms with Crippen LogP contribution in [0.1, 0.15) is 11.1 Å². The average molecular weight is 348 g/mol. The highest BCUT2D eigenvalue weighted by Gasteiger charge is 2.21. The van der Waals surface area contributed by atoms with Gasteiger partial charge in [0.25, 0.3) is 0 Å². The molecule has 24 heavy (non-hydrogen) atoms. The van der Waals surface area contributed by atoms with Gasteiger partial charge in [-0.25, -0.2) is 8.78 Å². The molecule has 0 aromatic heterocycles. The zero-order valence-electron chi connectivity index (χ0n) is 13.0. The molecule has 1 fully saturated rings. The van der Waals surface area contributed by atoms with E-state index in [9.17, 15) is 8.78 Å². The number of hydrogen-bond acceptors (Lipinski definition) is 3. The van der Waals surface area contributed by atoms with E-state index in [0.717, 1.165) is 18.7 Å². The summed E-state index contributed by atoms with van der Waals surface area (Å²) in [6, 6.07) is 11.1. The van der Waals surface area contributed by atoms with E-state index < -0.39 is 5.82 Å². The molecule has 0 spiro atoms. The minimum atomic E-state index is -0.490. The second-order valence-corrected chi connectivity index (χ2v) is 6.15. The number of benzene rings is 2. The summed E-state index contributed by atoms with van der Waals surface area (Å²) in [6.45, 7) is 3.54. The molecule has 0 amide bonds. The van der Waals surface area contributed by atoms with Gasteiger partial charge in [-0.15, -0.1) is 0 Å². The Balaban J connectivity index is 1.66. The van der Waals surface area contributed by atoms with Gasteiger partial charge in [-0.05, 0) is 29.8 Å². The maximum absolute atomic E-state index is 13.7. The summed E-state index contributed by atoms with van der Waals surface area (Å²) >= 11 is 6.08. The van der Waals surface area contributed by atoms with E-state index in [1.54, 1.807) is 18.2 Å². The second-order valence-electron chi connectivity index (χ2n) is 5.74. The van der Waals surface area contributed by atoms with Gasteiger partial charge in [-0.3, -0.25) is 4.90 Å². The van der Waals surface area contributed by atoms with Crippen LogP contribution in [0.3, 0.4) is 0 Å². The summed E-state index contributed by atoms with van der Waals surface area (Å²) in [5, 5.41) is 9.58. The van der Waals surface area contributed by atoms with E-state index in [4.69, 9.17) is 16.9 Å². The predicted molar refractivity (Wildman–Crippen MR) is 90.0 cm³/mol. The van der Waals surface area contributed by atoms with Crippen LogP contribution in [0, 0.1) is 23.0 Å². The number of piperazine rings is 1. The molecule has 0 saturated carbocycles. The van der Waals surface area contributed by atoms with Gasteiger partial charge in [0.2, 0.25) is 0 Å². The average Bonchev–Trinajstić information content (AvgIpc) is 2.58. The monoisotopic (exact) mass is 347 g/mol. The molecule has 1 aliphatic rings. The van der Waals surface area contributed by atoms with E-state index in [1.807, 2.05) is 11.0 Å². The van der Waals surface area contributed by atoms with E-state index >= 15 is 0 Å². The molecule has 0 N–H and O–H groups in total. The summed E-state index contributed by atoms with van der Waals surface area (Å²) < 4.78 is 26.8. The fourth-order valence-corrected chi connectivity index (χ4v) is 3.15. The van der Waals surface area contributed by atoms with Crippen molar-refractivity contribution >= 4 is 17.3 Å². The zero-order chi connectivity index (χ0) is 17.1. The third-order valence-corrected chi connectivity index (χ3v) is 4.58. The Morgan fingerprint density at radius 1 is 1.08 bits per heavy atom. The van der Waals surface area contributed by atoms with Crippen molar-refractivity contribution in [1.29, 1.82) is 5.26 Å². The molecule has 2 aromatic carbocycles. The van der Waals surface area contributed by atoms with Crippen molar-refractivity contribution in [2.75, 3.05) is 31.1 Å². The standard InChI is InChI=1S/C18H16ClF2N3/c19-16-10-14(20)5-4-13(16)12-23-6-8-24(9-7-23)18-3-1-2-17(21)15(18)11-22/h1-5,10H,6-9,12H2. The van der Waals surface area contributed by atoms with Crippen molar-refractivity contribution in [1.82, 2.24) is 4.90 Å². The van der Waals surface area contributed by atoms with Crippen LogP contribution in [0.15, 0.2) is 36.4 Å². The summed E-state index contributed by atoms with van der Waals surface area (Å²) in [5.74, 6) is -0.834. The molecule has 0 unspecified atom stereocenters. The summed E-state index contributed by atoms with van der Waals surface area (Å²) in [4.78, 5) is 4.23. The SMILES string of the molecule is N#Cc1c(F)cccc1N1CCN(Cc2ccc(F)cc2Cl)CC1. The number of nitrogens with zero attached hydrogens (tertiary/aromatic N) is 3. The fraction of sp³-hybridized carbons (Fsp3) is 0.278. The first kappa shape index (κ1) is 16.7. The molecule has 3 rings (SSSR count). The van der Waals surface area contributed by atoms with Crippen LogP contribution in [0.4, 0.5) is 14.5 Å². The third-order valence-electron chi connectivity index (χ3n) is 4.23. The van der Waals surface area contributed by atoms with Gasteiger partial charge in [-0.1, -0.05) is 23.7 Å². The Morgan fingerprint density at radius 3 is 2.50 bits per heavy atom. The van der Waals surface area contributed by atoms with Crippen LogP contribution in [0.2, 0.25) is 5.02 Å². The van der Waals surface area contributed by atoms with Crippen molar-refractivity contribution in [2.24, 2.45) is 0 Å². The van der Waals surface area contributed by atoms with Crippen LogP contribution in [-0.4, -0.2) is 31.1 Å². The van der Waals surface area contributed by atoms with Gasteiger partial charge >= 0.3 is 0 Å². The molecule has 0 bridgehead atoms. The Kier molecular flexibility index (Phi) is 4.98. The lowest BCUT2D eigenvalue weighted by atomic mass is 10.1. The topological polar surface area (TPSA) is 30.3 Å². The highest BCUT2D eigenvalue weighted by molar-refractivity contribution is 6.31. The first-order chi connectivity index (χ1) is 11.6. The van der Waals surface area contributed by atoms with Crippen LogP contribution < -0.4 is 4.90 Å². The lowest BCUT2D eigenvalue weighted by Gasteiger charge is -2.36. The van der Waals surface area contributed by atoms with Crippen molar-refractivity contribution in [3.8, 4) is 6.07 Å². The van der Waals surface area contributed by atoms with E-state index in [2.05, 4.69) is 4.90 Å². The quantitative estimate of drug-likeness (QED) is 0.845. The lowest BCUT2D eigenvalue weighted by molar-refractivity contribution is 0.250. The molecule has 0 radical (unpaired) electrons. The molecular formula is C18H16ClF2N3. The van der Waals surface area contributed by atoms with E-state index in [0.29, 0.717) is 30.3 Å². The molecule has 1 heterocycles. The molecule has 1 aliphatic heterocycles. The number of halogens is 3. The Bertz CT molecular complexity index is 780. The maximum Gasteiger partial charge on any atom is 0.143 e. The highest BCUT2D eigenvalue weighted by Crippen LogP contribution is 2.25. The Morgan fingerprint density at radius 2 is 1.83 bits per heavy atom. The maximum atomic E-state index is 13.7. The molecule has 1 saturated heterocycles. The van der Waals surface area contributed by atoms with Crippen molar-refractivity contribution in [2.45, 2.75) is 6.54 Å². The van der Waals surface area contributed by atoms with Crippen LogP contribution >= 0.6 is 11.6 Å². The van der Waals surface area contributed by atoms with Gasteiger partial charge in [0, 0.05) is 37.7 Å². The molecule has 124 valence electrons. The molecule has 3 nitrogen and oxygen atoms in total. The Labute approximate surface area is 144 Å². The van der Waals surface area contributed by atoms with Crippen molar-refractivity contribution in [3.05, 3.63) is 64.2 Å². The van der Waals surface area contributed by atoms with Crippen LogP contribution in [-0.2, 0) is 6.54 Å². The van der Waals surface area contributed by atoms with Gasteiger partial charge in [-0.2, -0.15) is 5.26 Å². The minimum Gasteiger partial charge on any atom is -0.368 e. The fourth-order valence-electron chi connectivity index (χ4n) is 2.92. The van der Waals surface area contributed by atoms with Gasteiger partial charge < -0.3 is 4.90 Å². The molecule has 0 aliphatic carbocycles. The van der Waals surface area contributed by atoms with Gasteiger partial charge in [0.1, 0.15) is 23.3 Å². The largest absolute Gasteiger partial charge is 0.368 e. The second kappa shape index (κ2) is 7.16. The number of hydrogen-bond donors (Lipinski definition) is 0. The minimum absolute atomic E-state index is 0.0903. The number of rotatable bonds is 3. The van der Waals surface area contributed by atoms with Gasteiger partial charge in [0.05, 0.1) is 5.69 Å². The highest BCUT2D eigenvalue weighted by atomic mass is 35.5. The third kappa shape index (κ3) is 3.50. The summed E-state index contributed by atoms with van der Waals surface area (Å²) in [7, 11) is 0. The zero-order valence-corrected chi connectivity index (χ0v) is 13.7. The van der Waals surface area contributed by atoms with Crippen LogP contribution in [0.25, 0.3) is 0 Å².